The lowest BCUT2D eigenvalue weighted by Gasteiger charge is -2.35. The molecule has 2 aromatic rings. The van der Waals surface area contributed by atoms with Crippen LogP contribution in [0.3, 0.4) is 0 Å². The number of anilines is 1. The Morgan fingerprint density at radius 2 is 1.80 bits per heavy atom. The molecule has 25 heavy (non-hydrogen) atoms. The Labute approximate surface area is 142 Å². The Balaban J connectivity index is 1.58. The van der Waals surface area contributed by atoms with E-state index in [1.165, 1.54) is 10.6 Å². The molecule has 0 aliphatic carbocycles. The molecule has 1 fully saturated rings. The third-order valence-corrected chi connectivity index (χ3v) is 4.21. The van der Waals surface area contributed by atoms with E-state index in [0.29, 0.717) is 25.5 Å². The lowest BCUT2D eigenvalue weighted by Crippen LogP contribution is -2.46. The molecule has 3 rings (SSSR count). The molecule has 0 amide bonds. The molecule has 1 aliphatic rings. The van der Waals surface area contributed by atoms with Gasteiger partial charge in [0.2, 0.25) is 0 Å². The molecular formula is C16H18F3N5O. The van der Waals surface area contributed by atoms with Crippen LogP contribution in [-0.2, 0) is 19.8 Å². The fourth-order valence-electron chi connectivity index (χ4n) is 2.73. The maximum Gasteiger partial charge on any atom is 0.435 e. The van der Waals surface area contributed by atoms with Crippen LogP contribution in [0.1, 0.15) is 11.3 Å². The van der Waals surface area contributed by atoms with Gasteiger partial charge >= 0.3 is 6.18 Å². The lowest BCUT2D eigenvalue weighted by molar-refractivity contribution is -0.141. The van der Waals surface area contributed by atoms with E-state index in [1.807, 2.05) is 11.0 Å². The molecule has 0 saturated carbocycles. The van der Waals surface area contributed by atoms with Gasteiger partial charge in [0.05, 0.1) is 0 Å². The van der Waals surface area contributed by atoms with Crippen molar-refractivity contribution in [2.24, 2.45) is 7.05 Å². The number of halogens is 3. The summed E-state index contributed by atoms with van der Waals surface area (Å²) < 4.78 is 39.1. The number of rotatable bonds is 3. The summed E-state index contributed by atoms with van der Waals surface area (Å²) in [6, 6.07) is 5.84. The van der Waals surface area contributed by atoms with Crippen molar-refractivity contribution in [2.75, 3.05) is 31.1 Å². The van der Waals surface area contributed by atoms with Crippen LogP contribution in [0, 0.1) is 0 Å². The Hall–Kier alpha value is -2.42. The van der Waals surface area contributed by atoms with E-state index in [1.54, 1.807) is 19.3 Å². The Kier molecular flexibility index (Phi) is 4.76. The Bertz CT molecular complexity index is 780. The molecule has 0 aromatic carbocycles. The third kappa shape index (κ3) is 4.16. The zero-order chi connectivity index (χ0) is 18.0. The standard InChI is InChI=1S/C16H18F3N5O/c1-22-5-4-12(10-15(22)25)11-23-6-8-24(9-7-23)14-3-2-13(20-21-14)16(17,18)19/h2-5,10H,6-9,11H2,1H3. The summed E-state index contributed by atoms with van der Waals surface area (Å²) in [4.78, 5) is 15.8. The third-order valence-electron chi connectivity index (χ3n) is 4.21. The predicted octanol–water partition coefficient (Wildman–Crippen LogP) is 1.52. The van der Waals surface area contributed by atoms with Gasteiger partial charge in [-0.05, 0) is 23.8 Å². The molecule has 0 unspecified atom stereocenters. The minimum absolute atomic E-state index is 0.0452. The van der Waals surface area contributed by atoms with Crippen molar-refractivity contribution in [2.45, 2.75) is 12.7 Å². The summed E-state index contributed by atoms with van der Waals surface area (Å²) in [5.41, 5.74) is -0.0809. The molecule has 3 heterocycles. The first kappa shape index (κ1) is 17.4. The molecule has 9 heteroatoms. The minimum Gasteiger partial charge on any atom is -0.353 e. The molecule has 1 saturated heterocycles. The van der Waals surface area contributed by atoms with Gasteiger partial charge in [0, 0.05) is 52.0 Å². The van der Waals surface area contributed by atoms with E-state index in [2.05, 4.69) is 15.1 Å². The molecule has 6 nitrogen and oxygen atoms in total. The highest BCUT2D eigenvalue weighted by molar-refractivity contribution is 5.38. The zero-order valence-corrected chi connectivity index (χ0v) is 13.7. The second-order valence-corrected chi connectivity index (χ2v) is 6.02. The fraction of sp³-hybridized carbons (Fsp3) is 0.438. The monoisotopic (exact) mass is 353 g/mol. The molecule has 0 spiro atoms. The van der Waals surface area contributed by atoms with Crippen LogP contribution in [0.15, 0.2) is 35.3 Å². The molecular weight excluding hydrogens is 335 g/mol. The van der Waals surface area contributed by atoms with E-state index >= 15 is 0 Å². The zero-order valence-electron chi connectivity index (χ0n) is 13.7. The van der Waals surface area contributed by atoms with E-state index in [9.17, 15) is 18.0 Å². The van der Waals surface area contributed by atoms with Crippen LogP contribution >= 0.6 is 0 Å². The number of alkyl halides is 3. The van der Waals surface area contributed by atoms with Crippen molar-refractivity contribution >= 4 is 5.82 Å². The summed E-state index contributed by atoms with van der Waals surface area (Å²) in [6.07, 6.45) is -2.73. The van der Waals surface area contributed by atoms with Crippen molar-refractivity contribution in [3.8, 4) is 0 Å². The van der Waals surface area contributed by atoms with Gasteiger partial charge < -0.3 is 9.47 Å². The van der Waals surface area contributed by atoms with Crippen molar-refractivity contribution in [1.82, 2.24) is 19.7 Å². The van der Waals surface area contributed by atoms with Crippen LogP contribution in [0.5, 0.6) is 0 Å². The first-order valence-electron chi connectivity index (χ1n) is 7.87. The molecule has 0 bridgehead atoms. The quantitative estimate of drug-likeness (QED) is 0.837. The van der Waals surface area contributed by atoms with E-state index in [4.69, 9.17) is 0 Å². The smallest absolute Gasteiger partial charge is 0.353 e. The maximum atomic E-state index is 12.5. The summed E-state index contributed by atoms with van der Waals surface area (Å²) in [5, 5.41) is 6.96. The largest absolute Gasteiger partial charge is 0.435 e. The lowest BCUT2D eigenvalue weighted by atomic mass is 10.2. The normalized spacial score (nSPS) is 16.2. The molecule has 1 aliphatic heterocycles. The highest BCUT2D eigenvalue weighted by atomic mass is 19.4. The minimum atomic E-state index is -4.48. The summed E-state index contributed by atoms with van der Waals surface area (Å²) in [7, 11) is 1.70. The fourth-order valence-corrected chi connectivity index (χ4v) is 2.73. The average molecular weight is 353 g/mol. The predicted molar refractivity (Wildman–Crippen MR) is 86.2 cm³/mol. The van der Waals surface area contributed by atoms with Crippen molar-refractivity contribution < 1.29 is 13.2 Å². The Morgan fingerprint density at radius 1 is 1.08 bits per heavy atom. The second-order valence-electron chi connectivity index (χ2n) is 6.02. The van der Waals surface area contributed by atoms with Gasteiger partial charge in [-0.1, -0.05) is 0 Å². The second kappa shape index (κ2) is 6.83. The molecule has 0 radical (unpaired) electrons. The van der Waals surface area contributed by atoms with E-state index in [0.717, 1.165) is 24.7 Å². The number of aryl methyl sites for hydroxylation is 1. The molecule has 134 valence electrons. The van der Waals surface area contributed by atoms with Gasteiger partial charge in [-0.2, -0.15) is 13.2 Å². The van der Waals surface area contributed by atoms with Gasteiger partial charge in [0.25, 0.3) is 5.56 Å². The summed E-state index contributed by atoms with van der Waals surface area (Å²) in [5.74, 6) is 0.446. The average Bonchev–Trinajstić information content (AvgIpc) is 2.58. The van der Waals surface area contributed by atoms with Crippen LogP contribution < -0.4 is 10.5 Å². The maximum absolute atomic E-state index is 12.5. The number of nitrogens with zero attached hydrogens (tertiary/aromatic N) is 5. The topological polar surface area (TPSA) is 54.3 Å². The van der Waals surface area contributed by atoms with Crippen LogP contribution in [-0.4, -0.2) is 45.8 Å². The van der Waals surface area contributed by atoms with E-state index < -0.39 is 11.9 Å². The van der Waals surface area contributed by atoms with Gasteiger partial charge in [-0.3, -0.25) is 9.69 Å². The number of hydrogen-bond acceptors (Lipinski definition) is 5. The van der Waals surface area contributed by atoms with Crippen molar-refractivity contribution in [3.63, 3.8) is 0 Å². The highest BCUT2D eigenvalue weighted by Gasteiger charge is 2.33. The number of pyridine rings is 1. The van der Waals surface area contributed by atoms with Crippen molar-refractivity contribution in [3.05, 3.63) is 52.1 Å². The number of hydrogen-bond donors (Lipinski definition) is 0. The SMILES string of the molecule is Cn1ccc(CN2CCN(c3ccc(C(F)(F)F)nn3)CC2)cc1=O. The van der Waals surface area contributed by atoms with Crippen LogP contribution in [0.4, 0.5) is 19.0 Å². The first-order chi connectivity index (χ1) is 11.8. The van der Waals surface area contributed by atoms with Gasteiger partial charge in [-0.25, -0.2) is 0 Å². The van der Waals surface area contributed by atoms with Gasteiger partial charge in [-0.15, -0.1) is 10.2 Å². The van der Waals surface area contributed by atoms with Crippen LogP contribution in [0.2, 0.25) is 0 Å². The highest BCUT2D eigenvalue weighted by Crippen LogP contribution is 2.27. The Morgan fingerprint density at radius 3 is 2.36 bits per heavy atom. The molecule has 0 N–H and O–H groups in total. The van der Waals surface area contributed by atoms with E-state index in [-0.39, 0.29) is 5.56 Å². The summed E-state index contributed by atoms with van der Waals surface area (Å²) in [6.45, 7) is 3.42. The van der Waals surface area contributed by atoms with Gasteiger partial charge in [0.1, 0.15) is 0 Å². The molecule has 0 atom stereocenters. The number of piperazine rings is 1. The van der Waals surface area contributed by atoms with Gasteiger partial charge in [0.15, 0.2) is 11.5 Å². The molecule has 2 aromatic heterocycles. The summed E-state index contributed by atoms with van der Waals surface area (Å²) >= 11 is 0. The van der Waals surface area contributed by atoms with Crippen LogP contribution in [0.25, 0.3) is 0 Å². The first-order valence-corrected chi connectivity index (χ1v) is 7.87. The number of aromatic nitrogens is 3. The van der Waals surface area contributed by atoms with Crippen molar-refractivity contribution in [1.29, 1.82) is 0 Å².